The zero-order valence-electron chi connectivity index (χ0n) is 49.7. The lowest BCUT2D eigenvalue weighted by atomic mass is 9.34. The maximum absolute atomic E-state index is 14.7. The lowest BCUT2D eigenvalue weighted by Gasteiger charge is -2.69. The van der Waals surface area contributed by atoms with Gasteiger partial charge in [-0.05, 0) is 210 Å². The van der Waals surface area contributed by atoms with Crippen molar-refractivity contribution in [3.8, 4) is 28.7 Å². The van der Waals surface area contributed by atoms with Crippen molar-refractivity contribution in [3.05, 3.63) is 104 Å². The van der Waals surface area contributed by atoms with E-state index < -0.39 is 57.4 Å². The van der Waals surface area contributed by atoms with Crippen LogP contribution in [-0.2, 0) is 37.4 Å². The minimum absolute atomic E-state index is 0.00431. The first-order chi connectivity index (χ1) is 37.1. The maximum Gasteiger partial charge on any atom is 0.340 e. The van der Waals surface area contributed by atoms with Gasteiger partial charge in [0.05, 0.1) is 16.6 Å². The number of carboxylic acids is 3. The van der Waals surface area contributed by atoms with Crippen LogP contribution in [0.5, 0.6) is 28.7 Å². The minimum atomic E-state index is -2.16. The van der Waals surface area contributed by atoms with Crippen LogP contribution in [0.25, 0.3) is 6.08 Å². The molecule has 4 fully saturated rings. The number of rotatable bonds is 10. The van der Waals surface area contributed by atoms with Gasteiger partial charge in [0.1, 0.15) is 28.4 Å². The number of aliphatic carboxylic acids is 3. The number of fused-ring (bicyclic) bond motifs is 9. The van der Waals surface area contributed by atoms with Crippen molar-refractivity contribution in [2.24, 2.45) is 33.5 Å². The molecule has 0 bridgehead atoms. The first-order valence-corrected chi connectivity index (χ1v) is 29.0. The average Bonchev–Trinajstić information content (AvgIpc) is 2.02. The van der Waals surface area contributed by atoms with Crippen LogP contribution in [0.15, 0.2) is 70.4 Å². The molecule has 8 aliphatic rings. The van der Waals surface area contributed by atoms with Crippen LogP contribution in [0.2, 0.25) is 0 Å². The van der Waals surface area contributed by atoms with Gasteiger partial charge in [0.2, 0.25) is 5.60 Å². The number of ketones is 1. The van der Waals surface area contributed by atoms with Crippen LogP contribution in [0.1, 0.15) is 205 Å². The zero-order chi connectivity index (χ0) is 58.9. The van der Waals surface area contributed by atoms with E-state index in [1.807, 2.05) is 66.7 Å². The lowest BCUT2D eigenvalue weighted by Crippen LogP contribution is -2.66. The topological polar surface area (TPSA) is 217 Å². The zero-order valence-corrected chi connectivity index (χ0v) is 49.7. The first-order valence-electron chi connectivity index (χ1n) is 29.0. The molecule has 80 heavy (non-hydrogen) atoms. The molecule has 0 amide bonds. The van der Waals surface area contributed by atoms with Gasteiger partial charge in [0.15, 0.2) is 22.9 Å². The number of allylic oxidation sites excluding steroid dienone is 7. The Balaban J connectivity index is 0.000000205. The second-order valence-corrected chi connectivity index (χ2v) is 27.6. The Bertz CT molecular complexity index is 3190. The van der Waals surface area contributed by atoms with Gasteiger partial charge < -0.3 is 44.8 Å². The molecule has 13 heteroatoms. The Morgan fingerprint density at radius 1 is 0.762 bits per heavy atom. The molecule has 10 rings (SSSR count). The van der Waals surface area contributed by atoms with Crippen molar-refractivity contribution in [1.82, 2.24) is 0 Å². The predicted molar refractivity (Wildman–Crippen MR) is 308 cm³/mol. The number of carbonyl (C=O) groups is 4. The van der Waals surface area contributed by atoms with Gasteiger partial charge in [0.25, 0.3) is 0 Å². The number of benzene rings is 2. The van der Waals surface area contributed by atoms with E-state index in [1.54, 1.807) is 26.0 Å². The van der Waals surface area contributed by atoms with E-state index in [-0.39, 0.29) is 67.8 Å². The minimum Gasteiger partial charge on any atom is -0.506 e. The Kier molecular flexibility index (Phi) is 14.3. The van der Waals surface area contributed by atoms with Gasteiger partial charge >= 0.3 is 17.9 Å². The van der Waals surface area contributed by atoms with Crippen molar-refractivity contribution < 1.29 is 64.0 Å². The van der Waals surface area contributed by atoms with E-state index in [2.05, 4.69) is 39.8 Å². The highest BCUT2D eigenvalue weighted by molar-refractivity contribution is 6.17. The van der Waals surface area contributed by atoms with Crippen molar-refractivity contribution in [2.75, 3.05) is 0 Å². The maximum atomic E-state index is 14.7. The standard InChI is InChI=1S/C38H46O9.C29H40O4/c1-21(2)11-10-18-36(8)19-17-24-29(39)28-30(40)26-12-9-13-27-35(6,7)47-37(34(43)44,20-16-23(5)33(41)42)38(26,27)46-32(28)25(31(24)45-36)15-14-22(3)4;1-17-18-7-8-21-27(4,19(18)15-20(30)23(17)31)12-14-29(6)22-16-26(3,24(32)33)10-9-25(22,2)11-13-28(21,29)5/h11-12,14,16-17,19,27,39H,9-10,13,15,18,20H2,1-8H3,(H,41,42)(H,43,44);8,15,22,30-31H,7,9-14,16H2,1-6H3,(H,32,33). The molecule has 1 saturated heterocycles. The van der Waals surface area contributed by atoms with Gasteiger partial charge in [-0.2, -0.15) is 0 Å². The number of ether oxygens (including phenoxy) is 3. The van der Waals surface area contributed by atoms with Gasteiger partial charge in [-0.15, -0.1) is 0 Å². The summed E-state index contributed by atoms with van der Waals surface area (Å²) in [6.45, 7) is 28.4. The molecule has 3 aliphatic heterocycles. The number of phenolic OH excluding ortho intramolecular Hbond substituents is 3. The molecular formula is C67H86O13. The third-order valence-corrected chi connectivity index (χ3v) is 21.6. The number of phenols is 3. The van der Waals surface area contributed by atoms with E-state index in [4.69, 9.17) is 14.2 Å². The third kappa shape index (κ3) is 8.61. The molecule has 6 N–H and O–H groups in total. The van der Waals surface area contributed by atoms with Gasteiger partial charge in [0, 0.05) is 34.5 Å². The van der Waals surface area contributed by atoms with Gasteiger partial charge in [-0.1, -0.05) is 74.8 Å². The Morgan fingerprint density at radius 3 is 2.08 bits per heavy atom. The predicted octanol–water partition coefficient (Wildman–Crippen LogP) is 14.2. The van der Waals surface area contributed by atoms with Crippen LogP contribution in [0.4, 0.5) is 0 Å². The van der Waals surface area contributed by atoms with Gasteiger partial charge in [-0.25, -0.2) is 9.59 Å². The third-order valence-electron chi connectivity index (χ3n) is 21.6. The highest BCUT2D eigenvalue weighted by Gasteiger charge is 2.77. The molecule has 5 aliphatic carbocycles. The lowest BCUT2D eigenvalue weighted by molar-refractivity contribution is -0.184. The fourth-order valence-electron chi connectivity index (χ4n) is 16.6. The van der Waals surface area contributed by atoms with E-state index in [0.717, 1.165) is 74.5 Å². The first kappa shape index (κ1) is 58.6. The fourth-order valence-corrected chi connectivity index (χ4v) is 16.6. The molecule has 1 spiro atoms. The van der Waals surface area contributed by atoms with Crippen LogP contribution in [0, 0.1) is 40.4 Å². The highest BCUT2D eigenvalue weighted by atomic mass is 16.6. The largest absolute Gasteiger partial charge is 0.506 e. The molecule has 10 atom stereocenters. The van der Waals surface area contributed by atoms with E-state index in [9.17, 15) is 49.8 Å². The Morgan fingerprint density at radius 2 is 1.44 bits per heavy atom. The summed E-state index contributed by atoms with van der Waals surface area (Å²) < 4.78 is 20.2. The van der Waals surface area contributed by atoms with Crippen molar-refractivity contribution in [1.29, 1.82) is 0 Å². The van der Waals surface area contributed by atoms with E-state index in [1.165, 1.54) is 29.7 Å². The number of hydrogen-bond acceptors (Lipinski definition) is 10. The Hall–Kier alpha value is -6.08. The summed E-state index contributed by atoms with van der Waals surface area (Å²) in [6, 6.07) is 1.81. The fraction of sp³-hybridized carbons (Fsp3) is 0.582. The molecule has 3 saturated carbocycles. The number of carboxylic acid groups (broad SMARTS) is 3. The molecule has 2 aromatic carbocycles. The normalized spacial score (nSPS) is 34.9. The molecule has 2 aromatic rings. The summed E-state index contributed by atoms with van der Waals surface area (Å²) in [5.41, 5.74) is 1.34. The molecule has 0 radical (unpaired) electrons. The molecule has 432 valence electrons. The van der Waals surface area contributed by atoms with Crippen LogP contribution >= 0.6 is 0 Å². The molecule has 10 unspecified atom stereocenters. The molecule has 13 nitrogen and oxygen atoms in total. The number of carbonyl (C=O) groups excluding carboxylic acids is 1. The smallest absolute Gasteiger partial charge is 0.340 e. The number of aromatic hydroxyl groups is 3. The summed E-state index contributed by atoms with van der Waals surface area (Å²) >= 11 is 0. The van der Waals surface area contributed by atoms with E-state index >= 15 is 0 Å². The second kappa shape index (κ2) is 19.5. The summed E-state index contributed by atoms with van der Waals surface area (Å²) in [7, 11) is 0. The highest BCUT2D eigenvalue weighted by Crippen LogP contribution is 2.75. The van der Waals surface area contributed by atoms with Crippen molar-refractivity contribution >= 4 is 29.8 Å². The number of hydrogen-bond donors (Lipinski definition) is 6. The summed E-state index contributed by atoms with van der Waals surface area (Å²) in [5, 5.41) is 63.3. The van der Waals surface area contributed by atoms with Crippen LogP contribution in [-0.4, -0.2) is 76.7 Å². The van der Waals surface area contributed by atoms with Gasteiger partial charge in [-0.3, -0.25) is 9.59 Å². The molecular weight excluding hydrogens is 1010 g/mol. The average molecular weight is 1100 g/mol. The quantitative estimate of drug-likeness (QED) is 0.0742. The molecule has 0 aromatic heterocycles. The summed E-state index contributed by atoms with van der Waals surface area (Å²) in [6.07, 6.45) is 23.2. The summed E-state index contributed by atoms with van der Waals surface area (Å²) in [4.78, 5) is 52.3. The SMILES string of the molecule is CC(C)=CCCC1(C)C=Cc2c(O)c3c(c(CC=C(C)C)c2O1)OC12C(=CCCC1C(C)(C)OC2(CC=C(C)C(=O)O)C(=O)O)C3=O.Cc1c(O)c(O)cc2c1CC=C1C2(C)CCC2(C)C3CC(C)(C(=O)O)CCC3(C)CCC12C. The van der Waals surface area contributed by atoms with Crippen molar-refractivity contribution in [3.63, 3.8) is 0 Å². The Labute approximate surface area is 472 Å². The number of Topliss-reactive ketones (excluding diaryl/α,β-unsaturated/α-hetero) is 1. The van der Waals surface area contributed by atoms with Crippen molar-refractivity contribution in [2.45, 2.75) is 215 Å². The summed E-state index contributed by atoms with van der Waals surface area (Å²) in [5.74, 6) is -3.81. The van der Waals surface area contributed by atoms with Crippen LogP contribution in [0.3, 0.4) is 0 Å². The van der Waals surface area contributed by atoms with Crippen LogP contribution < -0.4 is 9.47 Å². The monoisotopic (exact) mass is 1100 g/mol. The second-order valence-electron chi connectivity index (χ2n) is 27.6. The molecule has 3 heterocycles. The van der Waals surface area contributed by atoms with E-state index in [0.29, 0.717) is 48.5 Å².